The van der Waals surface area contributed by atoms with Gasteiger partial charge in [0, 0.05) is 18.4 Å². The van der Waals surface area contributed by atoms with E-state index in [0.717, 1.165) is 11.1 Å². The Morgan fingerprint density at radius 2 is 1.61 bits per heavy atom. The van der Waals surface area contributed by atoms with E-state index in [1.165, 1.54) is 11.1 Å². The third kappa shape index (κ3) is 6.12. The third-order valence-corrected chi connectivity index (χ3v) is 6.07. The van der Waals surface area contributed by atoms with Gasteiger partial charge >= 0.3 is 12.1 Å². The SMILES string of the molecule is CCC[C@H](NC(=O)C(C)CCCNC(=O)OCC1c2ccccc2-c2ccccc21)C(=O)O. The summed E-state index contributed by atoms with van der Waals surface area (Å²) in [6.45, 7) is 4.27. The fourth-order valence-corrected chi connectivity index (χ4v) is 4.24. The summed E-state index contributed by atoms with van der Waals surface area (Å²) in [5.41, 5.74) is 4.68. The van der Waals surface area contributed by atoms with Crippen LogP contribution in [0.1, 0.15) is 56.6 Å². The monoisotopic (exact) mass is 452 g/mol. The van der Waals surface area contributed by atoms with Crippen molar-refractivity contribution in [3.8, 4) is 11.1 Å². The second-order valence-corrected chi connectivity index (χ2v) is 8.48. The second-order valence-electron chi connectivity index (χ2n) is 8.48. The molecule has 0 fully saturated rings. The molecule has 0 bridgehead atoms. The quantitative estimate of drug-likeness (QED) is 0.441. The first-order valence-corrected chi connectivity index (χ1v) is 11.5. The molecule has 0 spiro atoms. The van der Waals surface area contributed by atoms with E-state index in [0.29, 0.717) is 32.2 Å². The molecule has 2 aromatic rings. The third-order valence-electron chi connectivity index (χ3n) is 6.07. The Kier molecular flexibility index (Phi) is 8.46. The number of benzene rings is 2. The van der Waals surface area contributed by atoms with Crippen LogP contribution in [0.25, 0.3) is 11.1 Å². The average molecular weight is 453 g/mol. The minimum absolute atomic E-state index is 0.0113. The number of hydrogen-bond acceptors (Lipinski definition) is 4. The van der Waals surface area contributed by atoms with Crippen molar-refractivity contribution in [1.29, 1.82) is 0 Å². The van der Waals surface area contributed by atoms with E-state index in [1.807, 2.05) is 31.2 Å². The standard InChI is InChI=1S/C26H32N2O5/c1-3-9-23(25(30)31)28-24(29)17(2)10-8-15-27-26(32)33-16-22-20-13-6-4-11-18(20)19-12-5-7-14-21(19)22/h4-7,11-14,17,22-23H,3,8-10,15-16H2,1-2H3,(H,27,32)(H,28,29)(H,30,31)/t17?,23-/m0/s1. The number of alkyl carbamates (subject to hydrolysis) is 1. The summed E-state index contributed by atoms with van der Waals surface area (Å²) in [6, 6.07) is 15.5. The zero-order chi connectivity index (χ0) is 23.8. The zero-order valence-electron chi connectivity index (χ0n) is 19.2. The first-order valence-electron chi connectivity index (χ1n) is 11.5. The van der Waals surface area contributed by atoms with Gasteiger partial charge in [0.25, 0.3) is 0 Å². The smallest absolute Gasteiger partial charge is 0.407 e. The minimum Gasteiger partial charge on any atom is -0.480 e. The highest BCUT2D eigenvalue weighted by molar-refractivity contribution is 5.84. The van der Waals surface area contributed by atoms with Crippen LogP contribution >= 0.6 is 0 Å². The van der Waals surface area contributed by atoms with Crippen molar-refractivity contribution in [3.05, 3.63) is 59.7 Å². The predicted molar refractivity (Wildman–Crippen MR) is 126 cm³/mol. The first kappa shape index (κ1) is 24.3. The van der Waals surface area contributed by atoms with Gasteiger partial charge in [0.2, 0.25) is 5.91 Å². The van der Waals surface area contributed by atoms with Crippen molar-refractivity contribution in [2.45, 2.75) is 51.5 Å². The summed E-state index contributed by atoms with van der Waals surface area (Å²) < 4.78 is 5.51. The molecule has 0 heterocycles. The van der Waals surface area contributed by atoms with Crippen LogP contribution < -0.4 is 10.6 Å². The molecule has 0 radical (unpaired) electrons. The van der Waals surface area contributed by atoms with Crippen LogP contribution in [0.15, 0.2) is 48.5 Å². The maximum Gasteiger partial charge on any atom is 0.407 e. The van der Waals surface area contributed by atoms with E-state index in [-0.39, 0.29) is 24.3 Å². The molecule has 0 aliphatic heterocycles. The normalized spacial score (nSPS) is 14.0. The molecule has 1 aliphatic carbocycles. The number of amides is 2. The van der Waals surface area contributed by atoms with Gasteiger partial charge in [-0.05, 0) is 41.5 Å². The number of carbonyl (C=O) groups is 3. The van der Waals surface area contributed by atoms with Crippen molar-refractivity contribution in [1.82, 2.24) is 10.6 Å². The number of ether oxygens (including phenoxy) is 1. The van der Waals surface area contributed by atoms with Crippen LogP contribution in [-0.2, 0) is 14.3 Å². The second kappa shape index (κ2) is 11.5. The fourth-order valence-electron chi connectivity index (χ4n) is 4.24. The minimum atomic E-state index is -1.02. The molecule has 7 nitrogen and oxygen atoms in total. The van der Waals surface area contributed by atoms with E-state index >= 15 is 0 Å². The Bertz CT molecular complexity index is 945. The molecule has 7 heteroatoms. The van der Waals surface area contributed by atoms with E-state index in [4.69, 9.17) is 4.74 Å². The van der Waals surface area contributed by atoms with Crippen molar-refractivity contribution >= 4 is 18.0 Å². The maximum absolute atomic E-state index is 12.2. The summed E-state index contributed by atoms with van der Waals surface area (Å²) in [5, 5.41) is 14.5. The molecule has 1 aliphatic rings. The average Bonchev–Trinajstić information content (AvgIpc) is 3.13. The number of carboxylic acids is 1. The molecule has 2 aromatic carbocycles. The molecule has 2 amide bonds. The van der Waals surface area contributed by atoms with Gasteiger partial charge in [-0.3, -0.25) is 4.79 Å². The van der Waals surface area contributed by atoms with Gasteiger partial charge < -0.3 is 20.5 Å². The van der Waals surface area contributed by atoms with Crippen molar-refractivity contribution in [3.63, 3.8) is 0 Å². The van der Waals surface area contributed by atoms with Gasteiger partial charge in [-0.1, -0.05) is 68.8 Å². The van der Waals surface area contributed by atoms with Crippen LogP contribution in [-0.4, -0.2) is 42.3 Å². The Balaban J connectivity index is 1.41. The van der Waals surface area contributed by atoms with Crippen LogP contribution in [0.2, 0.25) is 0 Å². The lowest BCUT2D eigenvalue weighted by atomic mass is 9.98. The van der Waals surface area contributed by atoms with E-state index in [9.17, 15) is 19.5 Å². The first-order chi connectivity index (χ1) is 15.9. The van der Waals surface area contributed by atoms with Crippen molar-refractivity contribution in [2.24, 2.45) is 5.92 Å². The molecule has 3 rings (SSSR count). The highest BCUT2D eigenvalue weighted by Gasteiger charge is 2.29. The van der Waals surface area contributed by atoms with Crippen LogP contribution in [0, 0.1) is 5.92 Å². The predicted octanol–water partition coefficient (Wildman–Crippen LogP) is 4.31. The number of rotatable bonds is 11. The topological polar surface area (TPSA) is 105 Å². The Morgan fingerprint density at radius 1 is 1.00 bits per heavy atom. The van der Waals surface area contributed by atoms with Gasteiger partial charge in [0.05, 0.1) is 0 Å². The maximum atomic E-state index is 12.2. The molecular weight excluding hydrogens is 420 g/mol. The summed E-state index contributed by atoms with van der Waals surface area (Å²) in [5.74, 6) is -1.63. The number of aliphatic carboxylic acids is 1. The van der Waals surface area contributed by atoms with Gasteiger partial charge in [0.15, 0.2) is 0 Å². The largest absolute Gasteiger partial charge is 0.480 e. The van der Waals surface area contributed by atoms with E-state index in [1.54, 1.807) is 6.92 Å². The van der Waals surface area contributed by atoms with Gasteiger partial charge in [-0.15, -0.1) is 0 Å². The number of hydrogen-bond donors (Lipinski definition) is 3. The summed E-state index contributed by atoms with van der Waals surface area (Å²) in [6.07, 6.45) is 1.72. The molecule has 1 unspecified atom stereocenters. The highest BCUT2D eigenvalue weighted by atomic mass is 16.5. The van der Waals surface area contributed by atoms with E-state index in [2.05, 4.69) is 34.9 Å². The number of carbonyl (C=O) groups excluding carboxylic acids is 2. The van der Waals surface area contributed by atoms with Crippen LogP contribution in [0.3, 0.4) is 0 Å². The van der Waals surface area contributed by atoms with Crippen LogP contribution in [0.5, 0.6) is 0 Å². The molecule has 3 N–H and O–H groups in total. The lowest BCUT2D eigenvalue weighted by Gasteiger charge is -2.17. The highest BCUT2D eigenvalue weighted by Crippen LogP contribution is 2.44. The number of carboxylic acid groups (broad SMARTS) is 1. The Hall–Kier alpha value is -3.35. The Labute approximate surface area is 194 Å². The summed E-state index contributed by atoms with van der Waals surface area (Å²) in [4.78, 5) is 35.6. The van der Waals surface area contributed by atoms with Gasteiger partial charge in [-0.2, -0.15) is 0 Å². The molecule has 0 saturated carbocycles. The number of nitrogens with one attached hydrogen (secondary N) is 2. The fraction of sp³-hybridized carbons (Fsp3) is 0.423. The molecule has 0 saturated heterocycles. The number of fused-ring (bicyclic) bond motifs is 3. The molecule has 33 heavy (non-hydrogen) atoms. The molecule has 0 aromatic heterocycles. The Morgan fingerprint density at radius 3 is 2.18 bits per heavy atom. The van der Waals surface area contributed by atoms with Crippen molar-refractivity contribution < 1.29 is 24.2 Å². The van der Waals surface area contributed by atoms with Gasteiger partial charge in [0.1, 0.15) is 12.6 Å². The lowest BCUT2D eigenvalue weighted by molar-refractivity contribution is -0.142. The molecule has 176 valence electrons. The summed E-state index contributed by atoms with van der Waals surface area (Å²) in [7, 11) is 0. The molecular formula is C26H32N2O5. The zero-order valence-corrected chi connectivity index (χ0v) is 19.2. The van der Waals surface area contributed by atoms with Gasteiger partial charge in [-0.25, -0.2) is 9.59 Å². The van der Waals surface area contributed by atoms with Crippen molar-refractivity contribution in [2.75, 3.05) is 13.2 Å². The van der Waals surface area contributed by atoms with Crippen LogP contribution in [0.4, 0.5) is 4.79 Å². The summed E-state index contributed by atoms with van der Waals surface area (Å²) >= 11 is 0. The lowest BCUT2D eigenvalue weighted by Crippen LogP contribution is -2.43. The molecule has 2 atom stereocenters. The van der Waals surface area contributed by atoms with E-state index < -0.39 is 18.1 Å².